The molecule has 0 unspecified atom stereocenters. The quantitative estimate of drug-likeness (QED) is 0.520. The number of rotatable bonds is 6. The summed E-state index contributed by atoms with van der Waals surface area (Å²) in [5.74, 6) is 2.10. The van der Waals surface area contributed by atoms with Crippen molar-refractivity contribution < 1.29 is 9.15 Å². The molecule has 0 saturated carbocycles. The third-order valence-corrected chi connectivity index (χ3v) is 4.78. The van der Waals surface area contributed by atoms with Gasteiger partial charge in [-0.15, -0.1) is 10.2 Å². The highest BCUT2D eigenvalue weighted by Crippen LogP contribution is 2.24. The van der Waals surface area contributed by atoms with Gasteiger partial charge < -0.3 is 9.15 Å². The van der Waals surface area contributed by atoms with Crippen LogP contribution in [-0.2, 0) is 12.4 Å². The van der Waals surface area contributed by atoms with E-state index in [2.05, 4.69) is 44.3 Å². The largest absolute Gasteiger partial charge is 0.484 e. The molecule has 24 heavy (non-hydrogen) atoms. The summed E-state index contributed by atoms with van der Waals surface area (Å²) in [5, 5.41) is 8.65. The first kappa shape index (κ1) is 17.0. The fraction of sp³-hybridized carbons (Fsp3) is 0.222. The van der Waals surface area contributed by atoms with Crippen molar-refractivity contribution in [2.24, 2.45) is 0 Å². The summed E-state index contributed by atoms with van der Waals surface area (Å²) in [5.41, 5.74) is 3.44. The summed E-state index contributed by atoms with van der Waals surface area (Å²) in [6.07, 6.45) is 0. The van der Waals surface area contributed by atoms with Crippen molar-refractivity contribution >= 4 is 27.7 Å². The lowest BCUT2D eigenvalue weighted by atomic mass is 10.1. The predicted octanol–water partition coefficient (Wildman–Crippen LogP) is 5.32. The van der Waals surface area contributed by atoms with Gasteiger partial charge in [-0.2, -0.15) is 0 Å². The second-order valence-electron chi connectivity index (χ2n) is 5.44. The van der Waals surface area contributed by atoms with Crippen LogP contribution in [-0.4, -0.2) is 10.2 Å². The van der Waals surface area contributed by atoms with Crippen LogP contribution < -0.4 is 4.74 Å². The Kier molecular flexibility index (Phi) is 5.58. The van der Waals surface area contributed by atoms with E-state index < -0.39 is 0 Å². The molecule has 0 radical (unpaired) electrons. The zero-order valence-electron chi connectivity index (χ0n) is 13.5. The summed E-state index contributed by atoms with van der Waals surface area (Å²) in [6, 6.07) is 14.3. The molecule has 1 aromatic heterocycles. The smallest absolute Gasteiger partial charge is 0.277 e. The molecule has 1 heterocycles. The minimum atomic E-state index is 0.273. The Labute approximate surface area is 153 Å². The third kappa shape index (κ3) is 4.61. The van der Waals surface area contributed by atoms with Gasteiger partial charge in [0, 0.05) is 10.2 Å². The van der Waals surface area contributed by atoms with Gasteiger partial charge in [0.05, 0.1) is 0 Å². The molecule has 0 aliphatic carbocycles. The number of aryl methyl sites for hydroxylation is 2. The maximum Gasteiger partial charge on any atom is 0.277 e. The molecule has 0 fully saturated rings. The maximum absolute atomic E-state index is 5.78. The van der Waals surface area contributed by atoms with E-state index in [1.54, 1.807) is 0 Å². The van der Waals surface area contributed by atoms with Crippen molar-refractivity contribution in [3.63, 3.8) is 0 Å². The van der Waals surface area contributed by atoms with Gasteiger partial charge in [-0.25, -0.2) is 0 Å². The molecule has 3 rings (SSSR count). The number of benzene rings is 2. The van der Waals surface area contributed by atoms with Crippen molar-refractivity contribution in [3.05, 3.63) is 69.5 Å². The van der Waals surface area contributed by atoms with Crippen LogP contribution in [0.3, 0.4) is 0 Å². The zero-order chi connectivity index (χ0) is 16.9. The van der Waals surface area contributed by atoms with Crippen molar-refractivity contribution in [1.82, 2.24) is 10.2 Å². The second kappa shape index (κ2) is 7.85. The highest BCUT2D eigenvalue weighted by molar-refractivity contribution is 9.10. The van der Waals surface area contributed by atoms with E-state index in [1.807, 2.05) is 38.1 Å². The van der Waals surface area contributed by atoms with Crippen molar-refractivity contribution in [2.45, 2.75) is 31.4 Å². The molecule has 0 aliphatic rings. The van der Waals surface area contributed by atoms with E-state index in [0.29, 0.717) is 11.1 Å². The van der Waals surface area contributed by atoms with E-state index >= 15 is 0 Å². The van der Waals surface area contributed by atoms with Crippen LogP contribution >= 0.6 is 27.7 Å². The number of hydrogen-bond donors (Lipinski definition) is 0. The van der Waals surface area contributed by atoms with E-state index in [9.17, 15) is 0 Å². The van der Waals surface area contributed by atoms with Gasteiger partial charge >= 0.3 is 0 Å². The Morgan fingerprint density at radius 1 is 1.12 bits per heavy atom. The Bertz CT molecular complexity index is 835. The molecule has 6 heteroatoms. The summed E-state index contributed by atoms with van der Waals surface area (Å²) in [4.78, 5) is 0. The Hall–Kier alpha value is -1.79. The number of ether oxygens (including phenoxy) is 1. The second-order valence-corrected chi connectivity index (χ2v) is 7.28. The third-order valence-electron chi connectivity index (χ3n) is 3.39. The molecule has 2 aromatic carbocycles. The molecule has 0 N–H and O–H groups in total. The first-order valence-electron chi connectivity index (χ1n) is 7.50. The first-order chi connectivity index (χ1) is 11.6. The SMILES string of the molecule is Cc1ccc(C)c(OCc2nnc(SCc3cccc(Br)c3)o2)c1. The average molecular weight is 405 g/mol. The molecule has 0 spiro atoms. The lowest BCUT2D eigenvalue weighted by Gasteiger charge is -2.07. The number of thioether (sulfide) groups is 1. The van der Waals surface area contributed by atoms with Crippen LogP contribution in [0.5, 0.6) is 5.75 Å². The van der Waals surface area contributed by atoms with Gasteiger partial charge in [-0.1, -0.05) is 52.0 Å². The van der Waals surface area contributed by atoms with Crippen molar-refractivity contribution in [1.29, 1.82) is 0 Å². The Balaban J connectivity index is 1.56. The molecule has 0 aliphatic heterocycles. The van der Waals surface area contributed by atoms with Gasteiger partial charge in [0.1, 0.15) is 5.75 Å². The molecule has 0 saturated heterocycles. The number of aromatic nitrogens is 2. The first-order valence-corrected chi connectivity index (χ1v) is 9.28. The Morgan fingerprint density at radius 3 is 2.83 bits per heavy atom. The highest BCUT2D eigenvalue weighted by Gasteiger charge is 2.09. The predicted molar refractivity (Wildman–Crippen MR) is 98.2 cm³/mol. The van der Waals surface area contributed by atoms with Gasteiger partial charge in [-0.05, 0) is 48.7 Å². The van der Waals surface area contributed by atoms with Crippen LogP contribution in [0.1, 0.15) is 22.6 Å². The van der Waals surface area contributed by atoms with E-state index in [0.717, 1.165) is 27.1 Å². The maximum atomic E-state index is 5.78. The fourth-order valence-corrected chi connectivity index (χ4v) is 3.30. The van der Waals surface area contributed by atoms with Crippen LogP contribution in [0.2, 0.25) is 0 Å². The average Bonchev–Trinajstić information content (AvgIpc) is 3.02. The molecular formula is C18H17BrN2O2S. The van der Waals surface area contributed by atoms with E-state index in [1.165, 1.54) is 17.3 Å². The minimum absolute atomic E-state index is 0.273. The van der Waals surface area contributed by atoms with Gasteiger partial charge in [0.25, 0.3) is 11.1 Å². The summed E-state index contributed by atoms with van der Waals surface area (Å²) in [6.45, 7) is 4.33. The normalized spacial score (nSPS) is 10.8. The van der Waals surface area contributed by atoms with E-state index in [-0.39, 0.29) is 6.61 Å². The van der Waals surface area contributed by atoms with Gasteiger partial charge in [0.2, 0.25) is 0 Å². The number of nitrogens with zero attached hydrogens (tertiary/aromatic N) is 2. The van der Waals surface area contributed by atoms with Crippen LogP contribution in [0.25, 0.3) is 0 Å². The van der Waals surface area contributed by atoms with Gasteiger partial charge in [0.15, 0.2) is 6.61 Å². The van der Waals surface area contributed by atoms with Crippen molar-refractivity contribution in [2.75, 3.05) is 0 Å². The van der Waals surface area contributed by atoms with Gasteiger partial charge in [-0.3, -0.25) is 0 Å². The van der Waals surface area contributed by atoms with E-state index in [4.69, 9.17) is 9.15 Å². The number of hydrogen-bond acceptors (Lipinski definition) is 5. The fourth-order valence-electron chi connectivity index (χ4n) is 2.13. The summed E-state index contributed by atoms with van der Waals surface area (Å²) < 4.78 is 12.5. The molecule has 124 valence electrons. The molecule has 0 atom stereocenters. The van der Waals surface area contributed by atoms with Crippen LogP contribution in [0.4, 0.5) is 0 Å². The van der Waals surface area contributed by atoms with Crippen LogP contribution in [0.15, 0.2) is 56.6 Å². The summed E-state index contributed by atoms with van der Waals surface area (Å²) in [7, 11) is 0. The minimum Gasteiger partial charge on any atom is -0.484 e. The van der Waals surface area contributed by atoms with Crippen LogP contribution in [0, 0.1) is 13.8 Å². The monoisotopic (exact) mass is 404 g/mol. The number of halogens is 1. The van der Waals surface area contributed by atoms with Crippen molar-refractivity contribution in [3.8, 4) is 5.75 Å². The molecule has 3 aromatic rings. The lowest BCUT2D eigenvalue weighted by molar-refractivity contribution is 0.250. The lowest BCUT2D eigenvalue weighted by Crippen LogP contribution is -1.97. The summed E-state index contributed by atoms with van der Waals surface area (Å²) >= 11 is 4.98. The molecular weight excluding hydrogens is 388 g/mol. The molecule has 4 nitrogen and oxygen atoms in total. The highest BCUT2D eigenvalue weighted by atomic mass is 79.9. The zero-order valence-corrected chi connectivity index (χ0v) is 15.9. The Morgan fingerprint density at radius 2 is 2.00 bits per heavy atom. The molecule has 0 amide bonds. The standard InChI is InChI=1S/C18H17BrN2O2S/c1-12-6-7-13(2)16(8-12)22-10-17-20-21-18(23-17)24-11-14-4-3-5-15(19)9-14/h3-9H,10-11H2,1-2H3. The topological polar surface area (TPSA) is 48.2 Å². The molecule has 0 bridgehead atoms.